The van der Waals surface area contributed by atoms with Gasteiger partial charge in [0.15, 0.2) is 0 Å². The van der Waals surface area contributed by atoms with Gasteiger partial charge in [0.2, 0.25) is 11.1 Å². The van der Waals surface area contributed by atoms with Gasteiger partial charge in [0, 0.05) is 5.69 Å². The van der Waals surface area contributed by atoms with E-state index in [0.29, 0.717) is 27.4 Å². The third-order valence-electron chi connectivity index (χ3n) is 4.50. The number of carbonyl (C=O) groups is 1. The van der Waals surface area contributed by atoms with E-state index in [4.69, 9.17) is 16.3 Å². The van der Waals surface area contributed by atoms with Crippen molar-refractivity contribution in [1.82, 2.24) is 14.9 Å². The van der Waals surface area contributed by atoms with Gasteiger partial charge in [-0.25, -0.2) is 9.07 Å². The molecular formula is C19H17ClFN5O2S. The molecule has 1 aliphatic heterocycles. The van der Waals surface area contributed by atoms with Crippen LogP contribution in [0.5, 0.6) is 5.75 Å². The van der Waals surface area contributed by atoms with Crippen LogP contribution in [0.2, 0.25) is 5.02 Å². The summed E-state index contributed by atoms with van der Waals surface area (Å²) in [6, 6.07) is 10.6. The van der Waals surface area contributed by atoms with Gasteiger partial charge in [0.25, 0.3) is 0 Å². The van der Waals surface area contributed by atoms with Gasteiger partial charge in [0.1, 0.15) is 22.6 Å². The number of nitrogens with zero attached hydrogens (tertiary/aromatic N) is 3. The van der Waals surface area contributed by atoms with E-state index in [0.717, 1.165) is 5.56 Å². The number of thioether (sulfide) groups is 1. The summed E-state index contributed by atoms with van der Waals surface area (Å²) in [6.45, 7) is 1.82. The van der Waals surface area contributed by atoms with Gasteiger partial charge in [-0.2, -0.15) is 0 Å². The molecule has 2 N–H and O–H groups in total. The second-order valence-corrected chi connectivity index (χ2v) is 7.92. The van der Waals surface area contributed by atoms with E-state index >= 15 is 0 Å². The van der Waals surface area contributed by atoms with Crippen LogP contribution in [0.15, 0.2) is 47.6 Å². The first kappa shape index (κ1) is 19.5. The molecular weight excluding hydrogens is 417 g/mol. The van der Waals surface area contributed by atoms with Gasteiger partial charge in [-0.1, -0.05) is 29.4 Å². The van der Waals surface area contributed by atoms with Crippen molar-refractivity contribution >= 4 is 35.0 Å². The Hall–Kier alpha value is -2.78. The lowest BCUT2D eigenvalue weighted by atomic mass is 10.0. The zero-order valence-corrected chi connectivity index (χ0v) is 17.1. The summed E-state index contributed by atoms with van der Waals surface area (Å²) in [5.41, 5.74) is 4.62. The van der Waals surface area contributed by atoms with Crippen LogP contribution < -0.4 is 15.5 Å². The zero-order chi connectivity index (χ0) is 20.5. The monoisotopic (exact) mass is 433 g/mol. The molecule has 0 saturated heterocycles. The summed E-state index contributed by atoms with van der Waals surface area (Å²) in [6.07, 6.45) is 0. The lowest BCUT2D eigenvalue weighted by Crippen LogP contribution is -2.41. The zero-order valence-electron chi connectivity index (χ0n) is 15.5. The van der Waals surface area contributed by atoms with E-state index < -0.39 is 11.3 Å². The van der Waals surface area contributed by atoms with E-state index in [-0.39, 0.29) is 11.7 Å². The van der Waals surface area contributed by atoms with Crippen LogP contribution in [0.3, 0.4) is 0 Å². The molecule has 0 unspecified atom stereocenters. The Morgan fingerprint density at radius 2 is 2.03 bits per heavy atom. The van der Waals surface area contributed by atoms with Crippen molar-refractivity contribution in [2.45, 2.75) is 23.4 Å². The second kappa shape index (κ2) is 7.92. The summed E-state index contributed by atoms with van der Waals surface area (Å²) >= 11 is 7.60. The van der Waals surface area contributed by atoms with E-state index in [1.54, 1.807) is 23.9 Å². The number of aromatic nitrogens is 3. The van der Waals surface area contributed by atoms with Gasteiger partial charge in [-0.3, -0.25) is 4.79 Å². The van der Waals surface area contributed by atoms with E-state index in [9.17, 15) is 9.18 Å². The summed E-state index contributed by atoms with van der Waals surface area (Å²) in [5.74, 6) is 0.603. The number of halogens is 2. The predicted octanol–water partition coefficient (Wildman–Crippen LogP) is 3.79. The average Bonchev–Trinajstić information content (AvgIpc) is 3.08. The topological polar surface area (TPSA) is 81.1 Å². The molecule has 10 heteroatoms. The molecule has 1 aliphatic rings. The highest BCUT2D eigenvalue weighted by Gasteiger charge is 2.37. The molecule has 0 saturated carbocycles. The molecule has 0 aliphatic carbocycles. The number of hydrogen-bond acceptors (Lipinski definition) is 6. The molecule has 7 nitrogen and oxygen atoms in total. The van der Waals surface area contributed by atoms with Crippen molar-refractivity contribution in [1.29, 1.82) is 0 Å². The molecule has 4 rings (SSSR count). The van der Waals surface area contributed by atoms with Gasteiger partial charge in [0.05, 0.1) is 18.2 Å². The Bertz CT molecular complexity index is 1060. The smallest absolute Gasteiger partial charge is 0.240 e. The Morgan fingerprint density at radius 3 is 2.72 bits per heavy atom. The first-order chi connectivity index (χ1) is 14.0. The molecule has 2 heterocycles. The molecule has 1 amide bonds. The van der Waals surface area contributed by atoms with Crippen LogP contribution in [-0.4, -0.2) is 33.1 Å². The number of nitrogens with one attached hydrogen (secondary N) is 2. The number of carbonyl (C=O) groups excluding carboxylic acids is 1. The number of fused-ring (bicyclic) bond motifs is 1. The van der Waals surface area contributed by atoms with Crippen molar-refractivity contribution in [3.8, 4) is 5.75 Å². The fourth-order valence-corrected chi connectivity index (χ4v) is 4.42. The molecule has 1 aromatic heterocycles. The first-order valence-corrected chi connectivity index (χ1v) is 9.97. The highest BCUT2D eigenvalue weighted by molar-refractivity contribution is 8.00. The van der Waals surface area contributed by atoms with Crippen LogP contribution in [-0.2, 0) is 4.79 Å². The van der Waals surface area contributed by atoms with Gasteiger partial charge >= 0.3 is 0 Å². The molecule has 29 heavy (non-hydrogen) atoms. The predicted molar refractivity (Wildman–Crippen MR) is 110 cm³/mol. The quantitative estimate of drug-likeness (QED) is 0.651. The lowest BCUT2D eigenvalue weighted by Gasteiger charge is -2.33. The fraction of sp³-hybridized carbons (Fsp3) is 0.211. The highest BCUT2D eigenvalue weighted by atomic mass is 35.5. The largest absolute Gasteiger partial charge is 0.495 e. The number of aryl methyl sites for hydroxylation is 1. The third-order valence-corrected chi connectivity index (χ3v) is 6.01. The fourth-order valence-electron chi connectivity index (χ4n) is 3.03. The first-order valence-electron chi connectivity index (χ1n) is 8.71. The van der Waals surface area contributed by atoms with Gasteiger partial charge < -0.3 is 15.5 Å². The Labute approximate surface area is 175 Å². The number of methoxy groups -OCH3 is 1. The minimum Gasteiger partial charge on any atom is -0.495 e. The number of benzene rings is 2. The van der Waals surface area contributed by atoms with Crippen LogP contribution >= 0.6 is 23.4 Å². The van der Waals surface area contributed by atoms with Crippen LogP contribution in [0.25, 0.3) is 0 Å². The van der Waals surface area contributed by atoms with Crippen molar-refractivity contribution < 1.29 is 13.9 Å². The minimum absolute atomic E-state index is 0.252. The van der Waals surface area contributed by atoms with Gasteiger partial charge in [-0.15, -0.1) is 10.2 Å². The summed E-state index contributed by atoms with van der Waals surface area (Å²) in [5, 5.41) is 11.5. The molecule has 2 aromatic carbocycles. The van der Waals surface area contributed by atoms with Crippen molar-refractivity contribution in [3.63, 3.8) is 0 Å². The normalized spacial score (nSPS) is 17.9. The highest BCUT2D eigenvalue weighted by Crippen LogP contribution is 2.39. The standard InChI is InChI=1S/C19H17ClFN5O2S/c1-10-23-24-19-26(10)25-16(11-3-8-15(28-2)14(20)9-11)17(29-19)18(27)22-13-6-4-12(21)5-7-13/h3-9,16-17,25H,1-2H3,(H,22,27)/t16-,17-/m1/s1. The van der Waals surface area contributed by atoms with Crippen LogP contribution in [0, 0.1) is 12.7 Å². The number of rotatable bonds is 4. The molecule has 0 spiro atoms. The van der Waals surface area contributed by atoms with Crippen molar-refractivity contribution in [2.75, 3.05) is 17.9 Å². The van der Waals surface area contributed by atoms with Crippen LogP contribution in [0.4, 0.5) is 10.1 Å². The maximum absolute atomic E-state index is 13.2. The average molecular weight is 434 g/mol. The molecule has 3 aromatic rings. The lowest BCUT2D eigenvalue weighted by molar-refractivity contribution is -0.116. The molecule has 0 radical (unpaired) electrons. The summed E-state index contributed by atoms with van der Waals surface area (Å²) < 4.78 is 20.1. The number of anilines is 1. The molecule has 0 bridgehead atoms. The second-order valence-electron chi connectivity index (χ2n) is 6.40. The number of ether oxygens (including phenoxy) is 1. The van der Waals surface area contributed by atoms with Gasteiger partial charge in [-0.05, 0) is 48.9 Å². The third kappa shape index (κ3) is 3.88. The molecule has 2 atom stereocenters. The number of amides is 1. The van der Waals surface area contributed by atoms with E-state index in [2.05, 4.69) is 20.9 Å². The number of hydrogen-bond donors (Lipinski definition) is 2. The Morgan fingerprint density at radius 1 is 1.28 bits per heavy atom. The molecule has 150 valence electrons. The van der Waals surface area contributed by atoms with Crippen LogP contribution in [0.1, 0.15) is 17.4 Å². The van der Waals surface area contributed by atoms with Crippen molar-refractivity contribution in [2.24, 2.45) is 0 Å². The van der Waals surface area contributed by atoms with E-state index in [1.165, 1.54) is 36.0 Å². The summed E-state index contributed by atoms with van der Waals surface area (Å²) in [7, 11) is 1.54. The summed E-state index contributed by atoms with van der Waals surface area (Å²) in [4.78, 5) is 13.1. The van der Waals surface area contributed by atoms with Crippen molar-refractivity contribution in [3.05, 3.63) is 64.7 Å². The minimum atomic E-state index is -0.569. The maximum Gasteiger partial charge on any atom is 0.240 e. The molecule has 0 fully saturated rings. The SMILES string of the molecule is COc1ccc([C@H]2Nn3c(C)nnc3S[C@H]2C(=O)Nc2ccc(F)cc2)cc1Cl. The van der Waals surface area contributed by atoms with E-state index in [1.807, 2.05) is 13.0 Å². The Kier molecular flexibility index (Phi) is 5.33. The Balaban J connectivity index is 1.67. The maximum atomic E-state index is 13.2.